The molecule has 0 aromatic heterocycles. The molecule has 2 amide bonds. The maximum atomic E-state index is 13.2. The second-order valence-electron chi connectivity index (χ2n) is 7.26. The Bertz CT molecular complexity index is 1150. The summed E-state index contributed by atoms with van der Waals surface area (Å²) in [4.78, 5) is 37.2. The second kappa shape index (κ2) is 11.2. The van der Waals surface area contributed by atoms with Crippen LogP contribution in [0.25, 0.3) is 0 Å². The normalized spacial score (nSPS) is 11.4. The number of thioether (sulfide) groups is 1. The van der Waals surface area contributed by atoms with Gasteiger partial charge in [0.2, 0.25) is 11.8 Å². The number of carboxylic acid groups (broad SMARTS) is 1. The highest BCUT2D eigenvalue weighted by atomic mass is 32.2. The number of aromatic hydroxyl groups is 1. The van der Waals surface area contributed by atoms with Crippen LogP contribution in [-0.4, -0.2) is 28.0 Å². The summed E-state index contributed by atoms with van der Waals surface area (Å²) in [5.74, 6) is -2.09. The summed E-state index contributed by atoms with van der Waals surface area (Å²) in [5, 5.41) is 23.9. The lowest BCUT2D eigenvalue weighted by Gasteiger charge is -2.18. The lowest BCUT2D eigenvalue weighted by molar-refractivity contribution is -0.116. The number of aromatic carboxylic acids is 1. The number of carbonyl (C=O) groups excluding carboxylic acids is 2. The van der Waals surface area contributed by atoms with E-state index in [4.69, 9.17) is 0 Å². The van der Waals surface area contributed by atoms with Crippen molar-refractivity contribution in [2.75, 3.05) is 10.6 Å². The Kier molecular flexibility index (Phi) is 8.10. The summed E-state index contributed by atoms with van der Waals surface area (Å²) >= 11 is 1.31. The van der Waals surface area contributed by atoms with Crippen molar-refractivity contribution >= 4 is 40.9 Å². The molecular formula is C25H24N2O5S. The van der Waals surface area contributed by atoms with Crippen LogP contribution in [0.3, 0.4) is 0 Å². The monoisotopic (exact) mass is 464 g/mol. The van der Waals surface area contributed by atoms with Crippen molar-refractivity contribution < 1.29 is 24.6 Å². The van der Waals surface area contributed by atoms with Crippen molar-refractivity contribution in [1.29, 1.82) is 0 Å². The van der Waals surface area contributed by atoms with Crippen LogP contribution in [-0.2, 0) is 9.59 Å². The number of hydrogen-bond donors (Lipinski definition) is 4. The van der Waals surface area contributed by atoms with Gasteiger partial charge < -0.3 is 20.8 Å². The van der Waals surface area contributed by atoms with Crippen LogP contribution in [0, 0.1) is 0 Å². The fourth-order valence-electron chi connectivity index (χ4n) is 3.13. The standard InChI is InChI=1S/C25H24N2O5S/c1-2-7-22(29)26-17-10-6-11-19(14-17)33-23(16-8-4-3-5-9-16)24(30)27-18-12-13-21(28)20(15-18)25(31)32/h3-6,8-15,23,28H,2,7H2,1H3,(H,26,29)(H,27,30)(H,31,32). The third-order valence-electron chi connectivity index (χ3n) is 4.68. The van der Waals surface area contributed by atoms with E-state index in [1.165, 1.54) is 30.0 Å². The fourth-order valence-corrected chi connectivity index (χ4v) is 4.21. The molecule has 8 heteroatoms. The number of anilines is 2. The summed E-state index contributed by atoms with van der Waals surface area (Å²) in [6, 6.07) is 20.3. The van der Waals surface area contributed by atoms with Gasteiger partial charge in [0.1, 0.15) is 16.6 Å². The number of carbonyl (C=O) groups is 3. The molecule has 0 aliphatic carbocycles. The molecule has 3 rings (SSSR count). The van der Waals surface area contributed by atoms with E-state index in [-0.39, 0.29) is 28.8 Å². The zero-order valence-electron chi connectivity index (χ0n) is 17.9. The van der Waals surface area contributed by atoms with Crippen molar-refractivity contribution in [2.45, 2.75) is 29.9 Å². The lowest BCUT2D eigenvalue weighted by Crippen LogP contribution is -2.19. The molecule has 0 bridgehead atoms. The maximum absolute atomic E-state index is 13.2. The first kappa shape index (κ1) is 23.9. The van der Waals surface area contributed by atoms with Gasteiger partial charge >= 0.3 is 5.97 Å². The first-order valence-electron chi connectivity index (χ1n) is 10.4. The summed E-state index contributed by atoms with van der Waals surface area (Å²) in [6.45, 7) is 1.93. The molecular weight excluding hydrogens is 440 g/mol. The number of nitrogens with one attached hydrogen (secondary N) is 2. The number of hydrogen-bond acceptors (Lipinski definition) is 5. The third-order valence-corrected chi connectivity index (χ3v) is 5.93. The van der Waals surface area contributed by atoms with E-state index in [9.17, 15) is 24.6 Å². The van der Waals surface area contributed by atoms with Gasteiger partial charge in [-0.05, 0) is 48.4 Å². The SMILES string of the molecule is CCCC(=O)Nc1cccc(SC(C(=O)Nc2ccc(O)c(C(=O)O)c2)c2ccccc2)c1. The van der Waals surface area contributed by atoms with Gasteiger partial charge in [0.25, 0.3) is 0 Å². The third kappa shape index (κ3) is 6.60. The smallest absolute Gasteiger partial charge is 0.339 e. The summed E-state index contributed by atoms with van der Waals surface area (Å²) < 4.78 is 0. The highest BCUT2D eigenvalue weighted by molar-refractivity contribution is 8.00. The Morgan fingerprint density at radius 3 is 2.33 bits per heavy atom. The number of carboxylic acids is 1. The first-order valence-corrected chi connectivity index (χ1v) is 11.2. The molecule has 3 aromatic carbocycles. The predicted octanol–water partition coefficient (Wildman–Crippen LogP) is 5.30. The Labute approximate surface area is 195 Å². The molecule has 4 N–H and O–H groups in total. The summed E-state index contributed by atoms with van der Waals surface area (Å²) in [6.07, 6.45) is 1.18. The first-order chi connectivity index (χ1) is 15.9. The van der Waals surface area contributed by atoms with E-state index in [0.717, 1.165) is 16.9 Å². The highest BCUT2D eigenvalue weighted by Crippen LogP contribution is 2.37. The molecule has 170 valence electrons. The summed E-state index contributed by atoms with van der Waals surface area (Å²) in [5.41, 5.74) is 1.37. The highest BCUT2D eigenvalue weighted by Gasteiger charge is 2.23. The van der Waals surface area contributed by atoms with Gasteiger partial charge in [-0.15, -0.1) is 11.8 Å². The average molecular weight is 465 g/mol. The predicted molar refractivity (Wildman–Crippen MR) is 129 cm³/mol. The van der Waals surface area contributed by atoms with E-state index >= 15 is 0 Å². The van der Waals surface area contributed by atoms with Gasteiger partial charge in [-0.25, -0.2) is 4.79 Å². The molecule has 0 aliphatic rings. The number of rotatable bonds is 9. The molecule has 33 heavy (non-hydrogen) atoms. The molecule has 0 saturated heterocycles. The van der Waals surface area contributed by atoms with E-state index < -0.39 is 11.2 Å². The molecule has 1 unspecified atom stereocenters. The minimum absolute atomic E-state index is 0.0708. The van der Waals surface area contributed by atoms with Crippen LogP contribution in [0.2, 0.25) is 0 Å². The van der Waals surface area contributed by atoms with Crippen LogP contribution in [0.4, 0.5) is 11.4 Å². The molecule has 1 atom stereocenters. The van der Waals surface area contributed by atoms with Crippen molar-refractivity contribution in [2.24, 2.45) is 0 Å². The van der Waals surface area contributed by atoms with Gasteiger partial charge in [-0.1, -0.05) is 43.3 Å². The molecule has 0 radical (unpaired) electrons. The van der Waals surface area contributed by atoms with Crippen molar-refractivity contribution in [3.8, 4) is 5.75 Å². The fraction of sp³-hybridized carbons (Fsp3) is 0.160. The minimum Gasteiger partial charge on any atom is -0.507 e. The number of benzene rings is 3. The van der Waals surface area contributed by atoms with E-state index in [1.54, 1.807) is 6.07 Å². The number of amides is 2. The Morgan fingerprint density at radius 1 is 0.909 bits per heavy atom. The molecule has 0 heterocycles. The Hall–Kier alpha value is -3.78. The molecule has 3 aromatic rings. The van der Waals surface area contributed by atoms with E-state index in [0.29, 0.717) is 12.1 Å². The Balaban J connectivity index is 1.85. The van der Waals surface area contributed by atoms with Gasteiger partial charge in [0, 0.05) is 22.7 Å². The van der Waals surface area contributed by atoms with Crippen LogP contribution in [0.5, 0.6) is 5.75 Å². The Morgan fingerprint density at radius 2 is 1.64 bits per heavy atom. The molecule has 0 spiro atoms. The van der Waals surface area contributed by atoms with Crippen LogP contribution in [0.1, 0.15) is 40.9 Å². The van der Waals surface area contributed by atoms with E-state index in [2.05, 4.69) is 10.6 Å². The van der Waals surface area contributed by atoms with Gasteiger partial charge in [0.15, 0.2) is 0 Å². The van der Waals surface area contributed by atoms with Crippen molar-refractivity contribution in [3.63, 3.8) is 0 Å². The second-order valence-corrected chi connectivity index (χ2v) is 8.44. The molecule has 0 saturated carbocycles. The minimum atomic E-state index is -1.29. The van der Waals surface area contributed by atoms with Crippen molar-refractivity contribution in [1.82, 2.24) is 0 Å². The average Bonchev–Trinajstić information content (AvgIpc) is 2.79. The van der Waals surface area contributed by atoms with Gasteiger partial charge in [-0.2, -0.15) is 0 Å². The molecule has 0 fully saturated rings. The lowest BCUT2D eigenvalue weighted by atomic mass is 10.1. The maximum Gasteiger partial charge on any atom is 0.339 e. The quantitative estimate of drug-likeness (QED) is 0.252. The van der Waals surface area contributed by atoms with E-state index in [1.807, 2.05) is 55.5 Å². The largest absolute Gasteiger partial charge is 0.507 e. The van der Waals surface area contributed by atoms with Crippen LogP contribution >= 0.6 is 11.8 Å². The van der Waals surface area contributed by atoms with Gasteiger partial charge in [0.05, 0.1) is 0 Å². The number of phenols is 1. The summed E-state index contributed by atoms with van der Waals surface area (Å²) in [7, 11) is 0. The molecule has 0 aliphatic heterocycles. The van der Waals surface area contributed by atoms with Gasteiger partial charge in [-0.3, -0.25) is 9.59 Å². The van der Waals surface area contributed by atoms with Crippen LogP contribution in [0.15, 0.2) is 77.7 Å². The topological polar surface area (TPSA) is 116 Å². The molecule has 7 nitrogen and oxygen atoms in total. The van der Waals surface area contributed by atoms with Crippen molar-refractivity contribution in [3.05, 3.63) is 83.9 Å². The zero-order valence-corrected chi connectivity index (χ0v) is 18.8. The zero-order chi connectivity index (χ0) is 23.8. The van der Waals surface area contributed by atoms with Crippen LogP contribution < -0.4 is 10.6 Å².